The number of hydrogen-bond acceptors (Lipinski definition) is 3. The third-order valence-corrected chi connectivity index (χ3v) is 2.51. The first-order chi connectivity index (χ1) is 7.59. The van der Waals surface area contributed by atoms with Gasteiger partial charge in [0.1, 0.15) is 0 Å². The van der Waals surface area contributed by atoms with Gasteiger partial charge in [0.2, 0.25) is 5.82 Å². The van der Waals surface area contributed by atoms with Crippen molar-refractivity contribution in [2.75, 3.05) is 5.43 Å². The van der Waals surface area contributed by atoms with Gasteiger partial charge in [-0.1, -0.05) is 0 Å². The Hall–Kier alpha value is -2.04. The normalized spacial score (nSPS) is 10.4. The molecule has 0 saturated carbocycles. The predicted octanol–water partition coefficient (Wildman–Crippen LogP) is 1.07. The van der Waals surface area contributed by atoms with Crippen molar-refractivity contribution < 1.29 is 0 Å². The molecule has 0 aliphatic carbocycles. The fourth-order valence-corrected chi connectivity index (χ4v) is 1.53. The summed E-state index contributed by atoms with van der Waals surface area (Å²) in [5.74, 6) is 0.326. The molecular formula is C11H14N4O. The zero-order valence-corrected chi connectivity index (χ0v) is 9.56. The molecule has 0 amide bonds. The van der Waals surface area contributed by atoms with E-state index in [9.17, 15) is 4.79 Å². The standard InChI is InChI=1S/C11H14N4O/c1-8-4-5-9(2)15(8)13-10-11(16)14(3)7-6-12-10/h4-7H,1-3H3,(H,12,13). The maximum absolute atomic E-state index is 11.7. The van der Waals surface area contributed by atoms with E-state index >= 15 is 0 Å². The smallest absolute Gasteiger partial charge is 0.294 e. The molecule has 0 aliphatic rings. The van der Waals surface area contributed by atoms with Gasteiger partial charge in [-0.25, -0.2) is 4.98 Å². The summed E-state index contributed by atoms with van der Waals surface area (Å²) in [5, 5.41) is 0. The molecule has 0 atom stereocenters. The summed E-state index contributed by atoms with van der Waals surface area (Å²) in [4.78, 5) is 15.8. The van der Waals surface area contributed by atoms with Gasteiger partial charge in [-0.15, -0.1) is 0 Å². The Labute approximate surface area is 93.3 Å². The third-order valence-electron chi connectivity index (χ3n) is 2.51. The lowest BCUT2D eigenvalue weighted by atomic mass is 10.5. The molecule has 2 heterocycles. The van der Waals surface area contributed by atoms with Crippen LogP contribution in [0.4, 0.5) is 5.82 Å². The van der Waals surface area contributed by atoms with Crippen LogP contribution in [0.2, 0.25) is 0 Å². The second-order valence-electron chi connectivity index (χ2n) is 3.76. The monoisotopic (exact) mass is 218 g/mol. The van der Waals surface area contributed by atoms with Crippen LogP contribution >= 0.6 is 0 Å². The fourth-order valence-electron chi connectivity index (χ4n) is 1.53. The Bertz CT molecular complexity index is 548. The number of aryl methyl sites for hydroxylation is 3. The number of nitrogens with one attached hydrogen (secondary N) is 1. The lowest BCUT2D eigenvalue weighted by Crippen LogP contribution is -2.25. The third kappa shape index (κ3) is 1.71. The zero-order chi connectivity index (χ0) is 11.7. The Morgan fingerprint density at radius 3 is 2.50 bits per heavy atom. The first-order valence-electron chi connectivity index (χ1n) is 5.03. The summed E-state index contributed by atoms with van der Waals surface area (Å²) in [7, 11) is 1.70. The molecule has 16 heavy (non-hydrogen) atoms. The van der Waals surface area contributed by atoms with Crippen LogP contribution in [0.3, 0.4) is 0 Å². The number of aromatic nitrogens is 3. The number of nitrogens with zero attached hydrogens (tertiary/aromatic N) is 3. The van der Waals surface area contributed by atoms with Gasteiger partial charge in [0, 0.05) is 30.8 Å². The highest BCUT2D eigenvalue weighted by atomic mass is 16.1. The fraction of sp³-hybridized carbons (Fsp3) is 0.273. The van der Waals surface area contributed by atoms with Gasteiger partial charge in [0.05, 0.1) is 0 Å². The average Bonchev–Trinajstić information content (AvgIpc) is 2.56. The van der Waals surface area contributed by atoms with E-state index in [0.717, 1.165) is 11.4 Å². The minimum atomic E-state index is -0.144. The molecule has 0 aromatic carbocycles. The average molecular weight is 218 g/mol. The van der Waals surface area contributed by atoms with Crippen LogP contribution < -0.4 is 11.0 Å². The van der Waals surface area contributed by atoms with Gasteiger partial charge in [-0.05, 0) is 26.0 Å². The molecule has 84 valence electrons. The first-order valence-corrected chi connectivity index (χ1v) is 5.03. The quantitative estimate of drug-likeness (QED) is 0.820. The predicted molar refractivity (Wildman–Crippen MR) is 62.4 cm³/mol. The van der Waals surface area contributed by atoms with Gasteiger partial charge in [0.15, 0.2) is 0 Å². The molecule has 5 nitrogen and oxygen atoms in total. The van der Waals surface area contributed by atoms with Crippen LogP contribution in [0, 0.1) is 13.8 Å². The summed E-state index contributed by atoms with van der Waals surface area (Å²) in [5.41, 5.74) is 4.92. The highest BCUT2D eigenvalue weighted by Gasteiger charge is 2.05. The van der Waals surface area contributed by atoms with Crippen molar-refractivity contribution in [1.29, 1.82) is 0 Å². The highest BCUT2D eigenvalue weighted by Crippen LogP contribution is 2.06. The molecule has 2 aromatic rings. The van der Waals surface area contributed by atoms with Crippen LogP contribution in [0.15, 0.2) is 29.3 Å². The van der Waals surface area contributed by atoms with Crippen molar-refractivity contribution >= 4 is 5.82 Å². The van der Waals surface area contributed by atoms with Gasteiger partial charge in [-0.3, -0.25) is 14.9 Å². The van der Waals surface area contributed by atoms with E-state index in [4.69, 9.17) is 0 Å². The van der Waals surface area contributed by atoms with E-state index in [0.29, 0.717) is 5.82 Å². The largest absolute Gasteiger partial charge is 0.314 e. The number of hydrogen-bond donors (Lipinski definition) is 1. The highest BCUT2D eigenvalue weighted by molar-refractivity contribution is 5.33. The van der Waals surface area contributed by atoms with Crippen molar-refractivity contribution in [3.8, 4) is 0 Å². The maximum Gasteiger partial charge on any atom is 0.294 e. The van der Waals surface area contributed by atoms with E-state index < -0.39 is 0 Å². The van der Waals surface area contributed by atoms with Crippen molar-refractivity contribution in [1.82, 2.24) is 14.2 Å². The van der Waals surface area contributed by atoms with E-state index in [1.54, 1.807) is 19.4 Å². The molecule has 0 unspecified atom stereocenters. The SMILES string of the molecule is Cc1ccc(C)n1Nc1nccn(C)c1=O. The number of anilines is 1. The van der Waals surface area contributed by atoms with E-state index in [2.05, 4.69) is 10.4 Å². The Morgan fingerprint density at radius 1 is 1.25 bits per heavy atom. The van der Waals surface area contributed by atoms with Crippen LogP contribution in [0.25, 0.3) is 0 Å². The second-order valence-corrected chi connectivity index (χ2v) is 3.76. The Morgan fingerprint density at radius 2 is 1.88 bits per heavy atom. The summed E-state index contributed by atoms with van der Waals surface area (Å²) in [6.07, 6.45) is 3.22. The molecule has 5 heteroatoms. The lowest BCUT2D eigenvalue weighted by Gasteiger charge is -2.11. The second kappa shape index (κ2) is 3.84. The minimum Gasteiger partial charge on any atom is -0.314 e. The van der Waals surface area contributed by atoms with Crippen molar-refractivity contribution in [3.63, 3.8) is 0 Å². The van der Waals surface area contributed by atoms with Crippen LogP contribution in [-0.4, -0.2) is 14.2 Å². The zero-order valence-electron chi connectivity index (χ0n) is 9.56. The molecule has 0 spiro atoms. The van der Waals surface area contributed by atoms with Gasteiger partial charge < -0.3 is 4.57 Å². The molecule has 0 fully saturated rings. The van der Waals surface area contributed by atoms with Gasteiger partial charge in [0.25, 0.3) is 5.56 Å². The number of rotatable bonds is 2. The molecule has 0 radical (unpaired) electrons. The van der Waals surface area contributed by atoms with E-state index in [1.165, 1.54) is 4.57 Å². The molecule has 2 rings (SSSR count). The molecule has 2 aromatic heterocycles. The van der Waals surface area contributed by atoms with Crippen molar-refractivity contribution in [2.24, 2.45) is 7.05 Å². The first kappa shape index (κ1) is 10.5. The molecule has 0 saturated heterocycles. The molecule has 0 bridgehead atoms. The van der Waals surface area contributed by atoms with Crippen molar-refractivity contribution in [2.45, 2.75) is 13.8 Å². The Balaban J connectivity index is 2.42. The maximum atomic E-state index is 11.7. The minimum absolute atomic E-state index is 0.144. The van der Waals surface area contributed by atoms with E-state index in [-0.39, 0.29) is 5.56 Å². The summed E-state index contributed by atoms with van der Waals surface area (Å²) in [6, 6.07) is 3.96. The van der Waals surface area contributed by atoms with E-state index in [1.807, 2.05) is 30.7 Å². The lowest BCUT2D eigenvalue weighted by molar-refractivity contribution is 0.811. The topological polar surface area (TPSA) is 51.9 Å². The van der Waals surface area contributed by atoms with Crippen LogP contribution in [0.1, 0.15) is 11.4 Å². The van der Waals surface area contributed by atoms with Gasteiger partial charge in [-0.2, -0.15) is 0 Å². The molecular weight excluding hydrogens is 204 g/mol. The van der Waals surface area contributed by atoms with Crippen LogP contribution in [-0.2, 0) is 7.05 Å². The summed E-state index contributed by atoms with van der Waals surface area (Å²) < 4.78 is 3.33. The Kier molecular flexibility index (Phi) is 2.52. The van der Waals surface area contributed by atoms with Crippen LogP contribution in [0.5, 0.6) is 0 Å². The van der Waals surface area contributed by atoms with Crippen molar-refractivity contribution in [3.05, 3.63) is 46.3 Å². The molecule has 1 N–H and O–H groups in total. The summed E-state index contributed by atoms with van der Waals surface area (Å²) >= 11 is 0. The molecule has 0 aliphatic heterocycles. The summed E-state index contributed by atoms with van der Waals surface area (Å²) in [6.45, 7) is 3.93. The van der Waals surface area contributed by atoms with Gasteiger partial charge >= 0.3 is 0 Å².